The maximum absolute atomic E-state index is 13.0. The van der Waals surface area contributed by atoms with E-state index >= 15 is 0 Å². The van der Waals surface area contributed by atoms with Gasteiger partial charge in [0.15, 0.2) is 0 Å². The Bertz CT molecular complexity index is 754. The third-order valence-corrected chi connectivity index (χ3v) is 7.85. The smallest absolute Gasteiger partial charge is 0.251 e. The van der Waals surface area contributed by atoms with Crippen LogP contribution in [-0.4, -0.2) is 37.8 Å². The molecule has 1 aromatic rings. The minimum atomic E-state index is -3.54. The lowest BCUT2D eigenvalue weighted by molar-refractivity contribution is 0.0910. The van der Waals surface area contributed by atoms with Crippen molar-refractivity contribution in [3.63, 3.8) is 0 Å². The second-order valence-electron chi connectivity index (χ2n) is 7.79. The summed E-state index contributed by atoms with van der Waals surface area (Å²) in [5, 5.41) is 3.12. The molecule has 1 heterocycles. The molecule has 3 rings (SSSR count). The van der Waals surface area contributed by atoms with Crippen molar-refractivity contribution in [1.82, 2.24) is 9.62 Å². The number of sulfonamides is 1. The summed E-state index contributed by atoms with van der Waals surface area (Å²) in [6.45, 7) is 5.10. The van der Waals surface area contributed by atoms with Crippen molar-refractivity contribution in [3.8, 4) is 0 Å². The average molecular weight is 379 g/mol. The Kier molecular flexibility index (Phi) is 6.03. The lowest BCUT2D eigenvalue weighted by Gasteiger charge is -2.29. The van der Waals surface area contributed by atoms with E-state index in [-0.39, 0.29) is 16.8 Å². The number of nitrogens with zero attached hydrogens (tertiary/aromatic N) is 1. The molecule has 6 heteroatoms. The number of piperidine rings is 1. The van der Waals surface area contributed by atoms with Crippen LogP contribution in [0.3, 0.4) is 0 Å². The van der Waals surface area contributed by atoms with E-state index in [4.69, 9.17) is 0 Å². The Hall–Kier alpha value is -1.40. The van der Waals surface area contributed by atoms with Gasteiger partial charge in [-0.25, -0.2) is 8.42 Å². The predicted molar refractivity (Wildman–Crippen MR) is 103 cm³/mol. The summed E-state index contributed by atoms with van der Waals surface area (Å²) < 4.78 is 27.6. The largest absolute Gasteiger partial charge is 0.349 e. The molecule has 0 radical (unpaired) electrons. The van der Waals surface area contributed by atoms with Gasteiger partial charge >= 0.3 is 0 Å². The van der Waals surface area contributed by atoms with Gasteiger partial charge < -0.3 is 5.32 Å². The number of hydrogen-bond donors (Lipinski definition) is 1. The maximum Gasteiger partial charge on any atom is 0.251 e. The molecule has 1 saturated heterocycles. The summed E-state index contributed by atoms with van der Waals surface area (Å²) in [6, 6.07) is 5.21. The second-order valence-corrected chi connectivity index (χ2v) is 9.69. The van der Waals surface area contributed by atoms with Crippen LogP contribution in [0, 0.1) is 12.8 Å². The van der Waals surface area contributed by atoms with E-state index in [9.17, 15) is 13.2 Å². The summed E-state index contributed by atoms with van der Waals surface area (Å²) in [5.41, 5.74) is 1.13. The first-order valence-corrected chi connectivity index (χ1v) is 11.3. The monoisotopic (exact) mass is 378 g/mol. The van der Waals surface area contributed by atoms with Gasteiger partial charge in [0, 0.05) is 24.7 Å². The zero-order valence-corrected chi connectivity index (χ0v) is 16.6. The molecule has 5 nitrogen and oxygen atoms in total. The Morgan fingerprint density at radius 1 is 1.08 bits per heavy atom. The molecule has 144 valence electrons. The molecule has 0 aromatic heterocycles. The molecule has 26 heavy (non-hydrogen) atoms. The third-order valence-electron chi connectivity index (χ3n) is 5.81. The fraction of sp³-hybridized carbons (Fsp3) is 0.650. The predicted octanol–water partition coefficient (Wildman–Crippen LogP) is 3.48. The highest BCUT2D eigenvalue weighted by Crippen LogP contribution is 2.26. The normalized spacial score (nSPS) is 25.0. The quantitative estimate of drug-likeness (QED) is 0.872. The maximum atomic E-state index is 13.0. The lowest BCUT2D eigenvalue weighted by atomic mass is 9.86. The number of nitrogens with one attached hydrogen (secondary N) is 1. The average Bonchev–Trinajstić information content (AvgIpc) is 2.64. The van der Waals surface area contributed by atoms with Gasteiger partial charge in [-0.15, -0.1) is 0 Å². The van der Waals surface area contributed by atoms with Gasteiger partial charge in [-0.2, -0.15) is 4.31 Å². The van der Waals surface area contributed by atoms with E-state index in [1.54, 1.807) is 29.4 Å². The molecule has 1 aliphatic carbocycles. The second kappa shape index (κ2) is 8.09. The molecule has 1 amide bonds. The number of carbonyl (C=O) groups excluding carboxylic acids is 1. The minimum absolute atomic E-state index is 0.168. The minimum Gasteiger partial charge on any atom is -0.349 e. The summed E-state index contributed by atoms with van der Waals surface area (Å²) in [7, 11) is -3.54. The van der Waals surface area contributed by atoms with Gasteiger partial charge in [0.25, 0.3) is 5.91 Å². The van der Waals surface area contributed by atoms with Gasteiger partial charge in [-0.3, -0.25) is 4.79 Å². The molecule has 0 bridgehead atoms. The van der Waals surface area contributed by atoms with Crippen LogP contribution in [0.25, 0.3) is 0 Å². The van der Waals surface area contributed by atoms with Gasteiger partial charge in [-0.05, 0) is 56.2 Å². The first kappa shape index (κ1) is 19.4. The molecule has 1 aromatic carbocycles. The van der Waals surface area contributed by atoms with E-state index in [1.165, 1.54) is 6.42 Å². The van der Waals surface area contributed by atoms with Crippen molar-refractivity contribution in [2.45, 2.75) is 69.7 Å². The Balaban J connectivity index is 1.81. The summed E-state index contributed by atoms with van der Waals surface area (Å²) in [6.07, 6.45) is 7.36. The van der Waals surface area contributed by atoms with Crippen LogP contribution in [0.2, 0.25) is 0 Å². The van der Waals surface area contributed by atoms with E-state index < -0.39 is 10.0 Å². The summed E-state index contributed by atoms with van der Waals surface area (Å²) in [4.78, 5) is 13.0. The van der Waals surface area contributed by atoms with Crippen molar-refractivity contribution >= 4 is 15.9 Å². The topological polar surface area (TPSA) is 66.5 Å². The molecule has 1 aliphatic heterocycles. The van der Waals surface area contributed by atoms with Crippen LogP contribution in [0.1, 0.15) is 67.8 Å². The van der Waals surface area contributed by atoms with Gasteiger partial charge in [0.05, 0.1) is 4.90 Å². The van der Waals surface area contributed by atoms with Crippen molar-refractivity contribution in [2.75, 3.05) is 13.1 Å². The number of rotatable bonds is 4. The molecule has 0 unspecified atom stereocenters. The third kappa shape index (κ3) is 4.12. The number of aryl methyl sites for hydroxylation is 1. The van der Waals surface area contributed by atoms with Crippen molar-refractivity contribution in [2.24, 2.45) is 5.92 Å². The fourth-order valence-electron chi connectivity index (χ4n) is 4.05. The molecule has 1 saturated carbocycles. The standard InChI is InChI=1S/C20H30N2O3S/c1-15-8-4-5-9-18(15)21-20(23)17-11-10-16(2)19(14-17)26(24,25)22-12-6-3-7-13-22/h10-11,14-15,18H,3-9,12-13H2,1-2H3,(H,21,23)/t15-,18+/m1/s1. The van der Waals surface area contributed by atoms with Crippen LogP contribution in [0.4, 0.5) is 0 Å². The number of amides is 1. The molecule has 0 spiro atoms. The first-order chi connectivity index (χ1) is 12.4. The molecule has 2 aliphatic rings. The van der Waals surface area contributed by atoms with E-state index in [2.05, 4.69) is 12.2 Å². The van der Waals surface area contributed by atoms with E-state index in [0.717, 1.165) is 38.5 Å². The first-order valence-electron chi connectivity index (χ1n) is 9.81. The Morgan fingerprint density at radius 2 is 1.77 bits per heavy atom. The zero-order valence-electron chi connectivity index (χ0n) is 15.8. The van der Waals surface area contributed by atoms with Crippen molar-refractivity contribution < 1.29 is 13.2 Å². The van der Waals surface area contributed by atoms with Crippen molar-refractivity contribution in [3.05, 3.63) is 29.3 Å². The molecule has 1 N–H and O–H groups in total. The summed E-state index contributed by atoms with van der Waals surface area (Å²) in [5.74, 6) is 0.300. The number of benzene rings is 1. The van der Waals surface area contributed by atoms with Crippen LogP contribution in [-0.2, 0) is 10.0 Å². The van der Waals surface area contributed by atoms with Crippen LogP contribution < -0.4 is 5.32 Å². The van der Waals surface area contributed by atoms with Crippen LogP contribution >= 0.6 is 0 Å². The van der Waals surface area contributed by atoms with Gasteiger partial charge in [-0.1, -0.05) is 32.3 Å². The number of carbonyl (C=O) groups is 1. The highest BCUT2D eigenvalue weighted by molar-refractivity contribution is 7.89. The van der Waals surface area contributed by atoms with E-state index in [0.29, 0.717) is 30.1 Å². The highest BCUT2D eigenvalue weighted by Gasteiger charge is 2.29. The summed E-state index contributed by atoms with van der Waals surface area (Å²) >= 11 is 0. The van der Waals surface area contributed by atoms with E-state index in [1.807, 2.05) is 0 Å². The molecular formula is C20H30N2O3S. The lowest BCUT2D eigenvalue weighted by Crippen LogP contribution is -2.41. The SMILES string of the molecule is Cc1ccc(C(=O)N[C@H]2CCCC[C@H]2C)cc1S(=O)(=O)N1CCCCC1. The molecule has 2 fully saturated rings. The zero-order chi connectivity index (χ0) is 18.7. The van der Waals surface area contributed by atoms with Gasteiger partial charge in [0.2, 0.25) is 10.0 Å². The fourth-order valence-corrected chi connectivity index (χ4v) is 5.81. The molecule has 2 atom stereocenters. The van der Waals surface area contributed by atoms with Crippen LogP contribution in [0.15, 0.2) is 23.1 Å². The Labute approximate surface area is 157 Å². The van der Waals surface area contributed by atoms with Crippen molar-refractivity contribution in [1.29, 1.82) is 0 Å². The number of hydrogen-bond acceptors (Lipinski definition) is 3. The molecular weight excluding hydrogens is 348 g/mol. The van der Waals surface area contributed by atoms with Gasteiger partial charge in [0.1, 0.15) is 0 Å². The van der Waals surface area contributed by atoms with Crippen LogP contribution in [0.5, 0.6) is 0 Å². The highest BCUT2D eigenvalue weighted by atomic mass is 32.2. The Morgan fingerprint density at radius 3 is 2.46 bits per heavy atom.